The van der Waals surface area contributed by atoms with E-state index in [1.807, 2.05) is 12.1 Å². The molecule has 0 fully saturated rings. The summed E-state index contributed by atoms with van der Waals surface area (Å²) in [7, 11) is -4.40. The number of nitrogens with zero attached hydrogens (tertiary/aromatic N) is 3. The van der Waals surface area contributed by atoms with E-state index in [1.54, 1.807) is 48.5 Å². The van der Waals surface area contributed by atoms with Crippen LogP contribution in [0.1, 0.15) is 16.7 Å². The summed E-state index contributed by atoms with van der Waals surface area (Å²) in [4.78, 5) is -0.645. The molecule has 0 bridgehead atoms. The SMILES string of the molecule is N=NC(=NN)c1c(Br)ccc(F)c1S(=O)(=O)N(Cc1ccccc1)Cc1ccccc1. The number of hydrazone groups is 1. The van der Waals surface area contributed by atoms with Crippen LogP contribution in [0.4, 0.5) is 4.39 Å². The van der Waals surface area contributed by atoms with Crippen molar-refractivity contribution in [2.24, 2.45) is 16.1 Å². The molecule has 0 atom stereocenters. The Bertz CT molecular complexity index is 1160. The van der Waals surface area contributed by atoms with Crippen molar-refractivity contribution in [3.05, 3.63) is 99.8 Å². The summed E-state index contributed by atoms with van der Waals surface area (Å²) in [5.41, 5.74) is 8.56. The lowest BCUT2D eigenvalue weighted by atomic mass is 10.2. The molecule has 0 saturated carbocycles. The first-order chi connectivity index (χ1) is 14.9. The molecule has 0 aliphatic carbocycles. The second-order valence-corrected chi connectivity index (χ2v) is 9.27. The van der Waals surface area contributed by atoms with E-state index in [0.29, 0.717) is 0 Å². The minimum absolute atomic E-state index is 0.0105. The van der Waals surface area contributed by atoms with Crippen molar-refractivity contribution in [3.8, 4) is 0 Å². The van der Waals surface area contributed by atoms with Gasteiger partial charge in [-0.15, -0.1) is 5.11 Å². The third-order valence-electron chi connectivity index (χ3n) is 4.51. The fourth-order valence-corrected chi connectivity index (χ4v) is 5.38. The Balaban J connectivity index is 2.19. The Morgan fingerprint density at radius 3 is 1.94 bits per heavy atom. The average molecular weight is 504 g/mol. The molecule has 0 unspecified atom stereocenters. The molecule has 10 heteroatoms. The molecule has 0 radical (unpaired) electrons. The first-order valence-electron chi connectivity index (χ1n) is 9.10. The van der Waals surface area contributed by atoms with Crippen LogP contribution in [0.5, 0.6) is 0 Å². The van der Waals surface area contributed by atoms with Gasteiger partial charge in [0.05, 0.1) is 5.56 Å². The largest absolute Gasteiger partial charge is 0.321 e. The Labute approximate surface area is 188 Å². The molecule has 3 rings (SSSR count). The highest BCUT2D eigenvalue weighted by Gasteiger charge is 2.33. The number of rotatable bonds is 7. The van der Waals surface area contributed by atoms with Gasteiger partial charge in [0.1, 0.15) is 10.7 Å². The smallest absolute Gasteiger partial charge is 0.247 e. The Morgan fingerprint density at radius 1 is 0.968 bits per heavy atom. The molecule has 0 aromatic heterocycles. The number of amidine groups is 1. The Morgan fingerprint density at radius 2 is 1.48 bits per heavy atom. The summed E-state index contributed by atoms with van der Waals surface area (Å²) in [6.45, 7) is 0.0210. The third-order valence-corrected chi connectivity index (χ3v) is 7.03. The van der Waals surface area contributed by atoms with Crippen LogP contribution in [0.25, 0.3) is 0 Å². The van der Waals surface area contributed by atoms with Crippen LogP contribution < -0.4 is 5.84 Å². The maximum Gasteiger partial charge on any atom is 0.247 e. The fourth-order valence-electron chi connectivity index (χ4n) is 3.07. The van der Waals surface area contributed by atoms with E-state index in [-0.39, 0.29) is 23.1 Å². The van der Waals surface area contributed by atoms with E-state index >= 15 is 0 Å². The Hall–Kier alpha value is -2.95. The van der Waals surface area contributed by atoms with Gasteiger partial charge in [0.15, 0.2) is 0 Å². The van der Waals surface area contributed by atoms with Crippen molar-refractivity contribution >= 4 is 31.8 Å². The topological polar surface area (TPSA) is 112 Å². The number of hydrogen-bond donors (Lipinski definition) is 2. The van der Waals surface area contributed by atoms with Crippen molar-refractivity contribution < 1.29 is 12.8 Å². The number of nitrogens with two attached hydrogens (primary N) is 1. The lowest BCUT2D eigenvalue weighted by molar-refractivity contribution is 0.397. The highest BCUT2D eigenvalue weighted by molar-refractivity contribution is 9.10. The fraction of sp³-hybridized carbons (Fsp3) is 0.0952. The van der Waals surface area contributed by atoms with Crippen LogP contribution in [0, 0.1) is 11.3 Å². The van der Waals surface area contributed by atoms with Gasteiger partial charge >= 0.3 is 0 Å². The van der Waals surface area contributed by atoms with Gasteiger partial charge < -0.3 is 5.84 Å². The molecule has 3 aromatic rings. The molecule has 3 N–H and O–H groups in total. The number of benzene rings is 3. The second-order valence-electron chi connectivity index (χ2n) is 6.54. The van der Waals surface area contributed by atoms with Gasteiger partial charge in [-0.2, -0.15) is 9.41 Å². The maximum atomic E-state index is 15.0. The van der Waals surface area contributed by atoms with E-state index in [4.69, 9.17) is 11.4 Å². The van der Waals surface area contributed by atoms with Gasteiger partial charge in [-0.25, -0.2) is 18.3 Å². The normalized spacial score (nSPS) is 12.2. The summed E-state index contributed by atoms with van der Waals surface area (Å²) >= 11 is 3.21. The molecular weight excluding hydrogens is 485 g/mol. The van der Waals surface area contributed by atoms with Gasteiger partial charge in [-0.3, -0.25) is 0 Å². The molecule has 0 aliphatic heterocycles. The lowest BCUT2D eigenvalue weighted by Crippen LogP contribution is -2.32. The van der Waals surface area contributed by atoms with E-state index in [0.717, 1.165) is 17.2 Å². The zero-order valence-corrected chi connectivity index (χ0v) is 18.6. The van der Waals surface area contributed by atoms with Gasteiger partial charge in [0, 0.05) is 17.6 Å². The number of sulfonamides is 1. The summed E-state index contributed by atoms with van der Waals surface area (Å²) in [5.74, 6) is 3.89. The quantitative estimate of drug-likeness (QED) is 0.161. The second kappa shape index (κ2) is 9.90. The van der Waals surface area contributed by atoms with Crippen LogP contribution >= 0.6 is 15.9 Å². The van der Waals surface area contributed by atoms with Crippen molar-refractivity contribution in [2.75, 3.05) is 0 Å². The van der Waals surface area contributed by atoms with Crippen LogP contribution in [0.2, 0.25) is 0 Å². The maximum absolute atomic E-state index is 15.0. The molecule has 0 amide bonds. The molecule has 0 aliphatic rings. The predicted molar refractivity (Wildman–Crippen MR) is 119 cm³/mol. The summed E-state index contributed by atoms with van der Waals surface area (Å²) in [5, 5.41) is 6.54. The van der Waals surface area contributed by atoms with Crippen LogP contribution in [-0.4, -0.2) is 18.6 Å². The molecule has 0 heterocycles. The van der Waals surface area contributed by atoms with Gasteiger partial charge in [-0.1, -0.05) is 60.7 Å². The Kier molecular flexibility index (Phi) is 7.26. The molecule has 31 heavy (non-hydrogen) atoms. The van der Waals surface area contributed by atoms with Gasteiger partial charge in [0.25, 0.3) is 0 Å². The molecular formula is C21H19BrFN5O2S. The van der Waals surface area contributed by atoms with Gasteiger partial charge in [-0.05, 0) is 39.2 Å². The van der Waals surface area contributed by atoms with Crippen LogP contribution in [-0.2, 0) is 23.1 Å². The van der Waals surface area contributed by atoms with E-state index in [2.05, 4.69) is 26.1 Å². The van der Waals surface area contributed by atoms with Crippen LogP contribution in [0.3, 0.4) is 0 Å². The first-order valence-corrected chi connectivity index (χ1v) is 11.3. The number of hydrogen-bond acceptors (Lipinski definition) is 5. The summed E-state index contributed by atoms with van der Waals surface area (Å²) < 4.78 is 43.8. The van der Waals surface area contributed by atoms with Gasteiger partial charge in [0.2, 0.25) is 15.9 Å². The molecule has 7 nitrogen and oxygen atoms in total. The third kappa shape index (κ3) is 5.04. The van der Waals surface area contributed by atoms with Crippen molar-refractivity contribution in [3.63, 3.8) is 0 Å². The zero-order chi connectivity index (χ0) is 22.4. The van der Waals surface area contributed by atoms with E-state index in [1.165, 1.54) is 10.4 Å². The van der Waals surface area contributed by atoms with Crippen molar-refractivity contribution in [1.82, 2.24) is 4.31 Å². The van der Waals surface area contributed by atoms with E-state index in [9.17, 15) is 12.8 Å². The highest BCUT2D eigenvalue weighted by atomic mass is 79.9. The molecule has 3 aromatic carbocycles. The summed E-state index contributed by atoms with van der Waals surface area (Å²) in [6, 6.07) is 20.3. The van der Waals surface area contributed by atoms with E-state index < -0.39 is 26.6 Å². The number of nitrogens with one attached hydrogen (secondary N) is 1. The highest BCUT2D eigenvalue weighted by Crippen LogP contribution is 2.32. The standard InChI is InChI=1S/C21H19BrFN5O2S/c22-17-11-12-18(23)20(19(17)21(26-24)27-25)31(29,30)28(13-15-7-3-1-4-8-15)14-16-9-5-2-6-10-16/h1-12,24H,13-14,25H2. The molecule has 160 valence electrons. The first kappa shape index (κ1) is 22.7. The van der Waals surface area contributed by atoms with Crippen molar-refractivity contribution in [2.45, 2.75) is 18.0 Å². The zero-order valence-electron chi connectivity index (χ0n) is 16.2. The minimum Gasteiger partial charge on any atom is -0.321 e. The summed E-state index contributed by atoms with van der Waals surface area (Å²) in [6.07, 6.45) is 0. The number of halogens is 2. The van der Waals surface area contributed by atoms with Crippen molar-refractivity contribution in [1.29, 1.82) is 5.53 Å². The molecule has 0 saturated heterocycles. The minimum atomic E-state index is -4.40. The molecule has 0 spiro atoms. The van der Waals surface area contributed by atoms with Crippen LogP contribution in [0.15, 0.2) is 92.4 Å². The monoisotopic (exact) mass is 503 g/mol. The lowest BCUT2D eigenvalue weighted by Gasteiger charge is -2.24. The average Bonchev–Trinajstić information content (AvgIpc) is 2.77. The predicted octanol–water partition coefficient (Wildman–Crippen LogP) is 4.63.